The van der Waals surface area contributed by atoms with E-state index in [1.165, 1.54) is 12.3 Å². The fraction of sp³-hybridized carbons (Fsp3) is 0.286. The minimum absolute atomic E-state index is 0. The lowest BCUT2D eigenvalue weighted by molar-refractivity contribution is 0.617. The molecule has 0 saturated heterocycles. The molecule has 0 atom stereocenters. The standard InChI is InChI=1S/C7H9FN2.2ClH/c1-5-2-6(8)4-10-7(5)3-9;;/h2,4H,3,9H2,1H3;2*1H. The molecular weight excluding hydrogens is 202 g/mol. The minimum atomic E-state index is -0.310. The predicted molar refractivity (Wildman–Crippen MR) is 51.3 cm³/mol. The summed E-state index contributed by atoms with van der Waals surface area (Å²) in [5.74, 6) is -0.310. The number of rotatable bonds is 1. The van der Waals surface area contributed by atoms with Gasteiger partial charge >= 0.3 is 0 Å². The first-order chi connectivity index (χ1) is 4.74. The lowest BCUT2D eigenvalue weighted by Gasteiger charge is -1.99. The fourth-order valence-electron chi connectivity index (χ4n) is 0.782. The summed E-state index contributed by atoms with van der Waals surface area (Å²) in [5, 5.41) is 0. The highest BCUT2D eigenvalue weighted by Gasteiger charge is 1.97. The van der Waals surface area contributed by atoms with Gasteiger partial charge in [0, 0.05) is 6.54 Å². The van der Waals surface area contributed by atoms with Crippen molar-refractivity contribution in [2.45, 2.75) is 13.5 Å². The van der Waals surface area contributed by atoms with Gasteiger partial charge in [0.15, 0.2) is 0 Å². The topological polar surface area (TPSA) is 38.9 Å². The van der Waals surface area contributed by atoms with Crippen molar-refractivity contribution >= 4 is 24.8 Å². The number of hydrogen-bond acceptors (Lipinski definition) is 2. The zero-order valence-electron chi connectivity index (χ0n) is 6.58. The number of pyridine rings is 1. The molecule has 0 fully saturated rings. The Labute approximate surface area is 83.2 Å². The smallest absolute Gasteiger partial charge is 0.141 e. The molecule has 0 aliphatic carbocycles. The molecule has 0 spiro atoms. The van der Waals surface area contributed by atoms with Gasteiger partial charge in [-0.3, -0.25) is 4.98 Å². The van der Waals surface area contributed by atoms with Crippen molar-refractivity contribution in [1.29, 1.82) is 0 Å². The second-order valence-electron chi connectivity index (χ2n) is 2.12. The highest BCUT2D eigenvalue weighted by Crippen LogP contribution is 2.04. The molecule has 1 aromatic heterocycles. The van der Waals surface area contributed by atoms with Gasteiger partial charge in [-0.25, -0.2) is 4.39 Å². The van der Waals surface area contributed by atoms with Gasteiger partial charge in [0.1, 0.15) is 5.82 Å². The van der Waals surface area contributed by atoms with E-state index in [4.69, 9.17) is 5.73 Å². The molecule has 0 unspecified atom stereocenters. The molecule has 1 aromatic rings. The van der Waals surface area contributed by atoms with Gasteiger partial charge < -0.3 is 5.73 Å². The van der Waals surface area contributed by atoms with Crippen LogP contribution >= 0.6 is 24.8 Å². The van der Waals surface area contributed by atoms with Crippen LogP contribution in [0.1, 0.15) is 11.3 Å². The third-order valence-electron chi connectivity index (χ3n) is 1.35. The fourth-order valence-corrected chi connectivity index (χ4v) is 0.782. The van der Waals surface area contributed by atoms with Crippen LogP contribution in [0.3, 0.4) is 0 Å². The van der Waals surface area contributed by atoms with Crippen LogP contribution in [0, 0.1) is 12.7 Å². The van der Waals surface area contributed by atoms with E-state index in [-0.39, 0.29) is 30.6 Å². The molecule has 2 N–H and O–H groups in total. The Morgan fingerprint density at radius 1 is 1.50 bits per heavy atom. The van der Waals surface area contributed by atoms with Crippen LogP contribution in [-0.4, -0.2) is 4.98 Å². The highest BCUT2D eigenvalue weighted by atomic mass is 35.5. The minimum Gasteiger partial charge on any atom is -0.325 e. The van der Waals surface area contributed by atoms with E-state index in [9.17, 15) is 4.39 Å². The monoisotopic (exact) mass is 212 g/mol. The van der Waals surface area contributed by atoms with Crippen molar-refractivity contribution < 1.29 is 4.39 Å². The third-order valence-corrected chi connectivity index (χ3v) is 1.35. The Kier molecular flexibility index (Phi) is 7.28. The zero-order valence-corrected chi connectivity index (χ0v) is 8.21. The summed E-state index contributed by atoms with van der Waals surface area (Å²) in [4.78, 5) is 3.80. The summed E-state index contributed by atoms with van der Waals surface area (Å²) in [7, 11) is 0. The molecular formula is C7H11Cl2FN2. The Bertz CT molecular complexity index is 243. The molecule has 1 rings (SSSR count). The van der Waals surface area contributed by atoms with Crippen LogP contribution in [0.2, 0.25) is 0 Å². The molecule has 0 saturated carbocycles. The van der Waals surface area contributed by atoms with E-state index in [0.717, 1.165) is 11.3 Å². The van der Waals surface area contributed by atoms with Crippen molar-refractivity contribution in [3.8, 4) is 0 Å². The van der Waals surface area contributed by atoms with Gasteiger partial charge in [-0.05, 0) is 18.6 Å². The normalized spacial score (nSPS) is 8.25. The predicted octanol–water partition coefficient (Wildman–Crippen LogP) is 1.83. The molecule has 12 heavy (non-hydrogen) atoms. The number of halogens is 3. The number of nitrogens with zero attached hydrogens (tertiary/aromatic N) is 1. The highest BCUT2D eigenvalue weighted by molar-refractivity contribution is 5.85. The summed E-state index contributed by atoms with van der Waals surface area (Å²) < 4.78 is 12.4. The molecule has 0 aliphatic rings. The maximum Gasteiger partial charge on any atom is 0.141 e. The van der Waals surface area contributed by atoms with E-state index in [1.54, 1.807) is 6.92 Å². The van der Waals surface area contributed by atoms with Crippen LogP contribution in [0.15, 0.2) is 12.3 Å². The quantitative estimate of drug-likeness (QED) is 0.772. The molecule has 0 aliphatic heterocycles. The van der Waals surface area contributed by atoms with Crippen molar-refractivity contribution in [2.75, 3.05) is 0 Å². The maximum atomic E-state index is 12.4. The average molecular weight is 213 g/mol. The molecule has 5 heteroatoms. The van der Waals surface area contributed by atoms with E-state index in [1.807, 2.05) is 0 Å². The summed E-state index contributed by atoms with van der Waals surface area (Å²) in [5.41, 5.74) is 6.87. The van der Waals surface area contributed by atoms with Crippen molar-refractivity contribution in [1.82, 2.24) is 4.98 Å². The summed E-state index contributed by atoms with van der Waals surface area (Å²) >= 11 is 0. The first kappa shape index (κ1) is 14.2. The first-order valence-electron chi connectivity index (χ1n) is 3.05. The Morgan fingerprint density at radius 3 is 2.50 bits per heavy atom. The molecule has 2 nitrogen and oxygen atoms in total. The summed E-state index contributed by atoms with van der Waals surface area (Å²) in [6.07, 6.45) is 1.18. The summed E-state index contributed by atoms with van der Waals surface area (Å²) in [6, 6.07) is 1.43. The lowest BCUT2D eigenvalue weighted by Crippen LogP contribution is -2.02. The summed E-state index contributed by atoms with van der Waals surface area (Å²) in [6.45, 7) is 2.16. The number of aryl methyl sites for hydroxylation is 1. The maximum absolute atomic E-state index is 12.4. The molecule has 1 heterocycles. The second kappa shape index (κ2) is 6.17. The Hall–Kier alpha value is -0.380. The number of aromatic nitrogens is 1. The van der Waals surface area contributed by atoms with Crippen LogP contribution in [0.5, 0.6) is 0 Å². The number of hydrogen-bond donors (Lipinski definition) is 1. The molecule has 70 valence electrons. The molecule has 0 aromatic carbocycles. The van der Waals surface area contributed by atoms with Crippen molar-refractivity contribution in [3.05, 3.63) is 29.3 Å². The van der Waals surface area contributed by atoms with Gasteiger partial charge in [-0.2, -0.15) is 0 Å². The van der Waals surface area contributed by atoms with Gasteiger partial charge in [0.05, 0.1) is 11.9 Å². The average Bonchev–Trinajstić information content (AvgIpc) is 1.88. The van der Waals surface area contributed by atoms with Gasteiger partial charge in [0.25, 0.3) is 0 Å². The van der Waals surface area contributed by atoms with Gasteiger partial charge in [-0.15, -0.1) is 24.8 Å². The van der Waals surface area contributed by atoms with Gasteiger partial charge in [0.2, 0.25) is 0 Å². The van der Waals surface area contributed by atoms with Crippen LogP contribution in [0.25, 0.3) is 0 Å². The number of nitrogens with two attached hydrogens (primary N) is 1. The lowest BCUT2D eigenvalue weighted by atomic mass is 10.2. The molecule has 0 amide bonds. The van der Waals surface area contributed by atoms with E-state index in [2.05, 4.69) is 4.98 Å². The SMILES string of the molecule is Cc1cc(F)cnc1CN.Cl.Cl. The largest absolute Gasteiger partial charge is 0.325 e. The van der Waals surface area contributed by atoms with E-state index >= 15 is 0 Å². The Balaban J connectivity index is 0. The van der Waals surface area contributed by atoms with Crippen LogP contribution in [-0.2, 0) is 6.54 Å². The van der Waals surface area contributed by atoms with E-state index in [0.29, 0.717) is 6.54 Å². The third kappa shape index (κ3) is 3.34. The Morgan fingerprint density at radius 2 is 2.08 bits per heavy atom. The zero-order chi connectivity index (χ0) is 7.56. The van der Waals surface area contributed by atoms with Crippen molar-refractivity contribution in [3.63, 3.8) is 0 Å². The van der Waals surface area contributed by atoms with Crippen LogP contribution in [0.4, 0.5) is 4.39 Å². The van der Waals surface area contributed by atoms with Crippen LogP contribution < -0.4 is 5.73 Å². The van der Waals surface area contributed by atoms with Gasteiger partial charge in [-0.1, -0.05) is 0 Å². The van der Waals surface area contributed by atoms with Crippen molar-refractivity contribution in [2.24, 2.45) is 5.73 Å². The second-order valence-corrected chi connectivity index (χ2v) is 2.12. The first-order valence-corrected chi connectivity index (χ1v) is 3.05. The van der Waals surface area contributed by atoms with E-state index < -0.39 is 0 Å². The molecule has 0 radical (unpaired) electrons. The molecule has 0 bridgehead atoms.